The molecule has 114 valence electrons. The number of ether oxygens (including phenoxy) is 1. The van der Waals surface area contributed by atoms with Crippen molar-refractivity contribution >= 4 is 17.9 Å². The second-order valence-corrected chi connectivity index (χ2v) is 5.60. The summed E-state index contributed by atoms with van der Waals surface area (Å²) in [7, 11) is 1.66. The van der Waals surface area contributed by atoms with Crippen LogP contribution in [0.4, 0.5) is 5.82 Å². The summed E-state index contributed by atoms with van der Waals surface area (Å²) in [6.45, 7) is 8.52. The van der Waals surface area contributed by atoms with Gasteiger partial charge in [0, 0.05) is 7.11 Å². The topological polar surface area (TPSA) is 59.7 Å². The van der Waals surface area contributed by atoms with E-state index in [1.165, 1.54) is 0 Å². The molecule has 6 nitrogen and oxygen atoms in total. The van der Waals surface area contributed by atoms with Gasteiger partial charge in [-0.1, -0.05) is 13.8 Å². The predicted octanol–water partition coefficient (Wildman–Crippen LogP) is 1.98. The monoisotopic (exact) mass is 290 g/mol. The summed E-state index contributed by atoms with van der Waals surface area (Å²) < 4.78 is 7.21. The zero-order valence-electron chi connectivity index (χ0n) is 13.2. The smallest absolute Gasteiger partial charge is 0.215 e. The first-order valence-corrected chi connectivity index (χ1v) is 7.04. The van der Waals surface area contributed by atoms with Crippen molar-refractivity contribution in [3.8, 4) is 0 Å². The molecule has 0 bridgehead atoms. The molecule has 21 heavy (non-hydrogen) atoms. The van der Waals surface area contributed by atoms with Crippen LogP contribution in [-0.4, -0.2) is 40.8 Å². The second-order valence-electron chi connectivity index (χ2n) is 5.60. The number of carbonyl (C=O) groups is 1. The highest BCUT2D eigenvalue weighted by Gasteiger charge is 2.19. The molecule has 0 saturated carbocycles. The largest absolute Gasteiger partial charge is 0.379 e. The summed E-state index contributed by atoms with van der Waals surface area (Å²) in [6, 6.07) is 1.88. The number of amides is 1. The maximum absolute atomic E-state index is 11.5. The molecule has 2 aromatic rings. The van der Waals surface area contributed by atoms with Crippen LogP contribution in [0.3, 0.4) is 0 Å². The fourth-order valence-electron chi connectivity index (χ4n) is 2.30. The minimum atomic E-state index is -0.0307. The molecule has 1 atom stereocenters. The van der Waals surface area contributed by atoms with Gasteiger partial charge >= 0.3 is 0 Å². The van der Waals surface area contributed by atoms with E-state index in [0.717, 1.165) is 23.3 Å². The summed E-state index contributed by atoms with van der Waals surface area (Å²) in [5, 5.41) is 4.51. The molecule has 0 saturated heterocycles. The van der Waals surface area contributed by atoms with Gasteiger partial charge in [0.2, 0.25) is 6.41 Å². The highest BCUT2D eigenvalue weighted by Crippen LogP contribution is 2.18. The third-order valence-electron chi connectivity index (χ3n) is 3.65. The fourth-order valence-corrected chi connectivity index (χ4v) is 2.30. The highest BCUT2D eigenvalue weighted by molar-refractivity contribution is 5.73. The number of hydrogen-bond donors (Lipinski definition) is 0. The second kappa shape index (κ2) is 6.22. The van der Waals surface area contributed by atoms with Gasteiger partial charge in [-0.05, 0) is 31.4 Å². The normalized spacial score (nSPS) is 12.9. The van der Waals surface area contributed by atoms with Crippen LogP contribution in [0.25, 0.3) is 5.65 Å². The van der Waals surface area contributed by atoms with E-state index in [1.807, 2.05) is 19.9 Å². The van der Waals surface area contributed by atoms with E-state index in [2.05, 4.69) is 23.9 Å². The van der Waals surface area contributed by atoms with Crippen LogP contribution in [0.1, 0.15) is 25.1 Å². The molecule has 0 aliphatic heterocycles. The Balaban J connectivity index is 2.38. The van der Waals surface area contributed by atoms with Crippen LogP contribution in [0.5, 0.6) is 0 Å². The Morgan fingerprint density at radius 2 is 2.14 bits per heavy atom. The van der Waals surface area contributed by atoms with Crippen LogP contribution in [0.2, 0.25) is 0 Å². The molecule has 0 N–H and O–H groups in total. The van der Waals surface area contributed by atoms with Gasteiger partial charge in [-0.3, -0.25) is 9.69 Å². The number of aromatic nitrogens is 3. The first-order valence-electron chi connectivity index (χ1n) is 7.04. The van der Waals surface area contributed by atoms with Crippen molar-refractivity contribution in [3.05, 3.63) is 23.5 Å². The van der Waals surface area contributed by atoms with E-state index in [4.69, 9.17) is 4.74 Å². The van der Waals surface area contributed by atoms with Crippen molar-refractivity contribution in [2.75, 3.05) is 18.6 Å². The third-order valence-corrected chi connectivity index (χ3v) is 3.65. The number of aryl methyl sites for hydroxylation is 2. The van der Waals surface area contributed by atoms with Gasteiger partial charge in [-0.15, -0.1) is 5.10 Å². The van der Waals surface area contributed by atoms with E-state index in [1.54, 1.807) is 22.7 Å². The number of rotatable bonds is 6. The average Bonchev–Trinajstić information content (AvgIpc) is 2.82. The van der Waals surface area contributed by atoms with Crippen molar-refractivity contribution in [1.82, 2.24) is 14.6 Å². The first-order chi connectivity index (χ1) is 9.97. The summed E-state index contributed by atoms with van der Waals surface area (Å²) >= 11 is 0. The molecular formula is C15H22N4O2. The van der Waals surface area contributed by atoms with E-state index < -0.39 is 0 Å². The minimum absolute atomic E-state index is 0.0307. The molecule has 2 heterocycles. The first kappa shape index (κ1) is 15.4. The molecule has 2 rings (SSSR count). The van der Waals surface area contributed by atoms with E-state index >= 15 is 0 Å². The van der Waals surface area contributed by atoms with Gasteiger partial charge < -0.3 is 4.74 Å². The van der Waals surface area contributed by atoms with Crippen molar-refractivity contribution in [2.24, 2.45) is 5.92 Å². The van der Waals surface area contributed by atoms with E-state index in [0.29, 0.717) is 18.3 Å². The number of hydrogen-bond acceptors (Lipinski definition) is 4. The summed E-state index contributed by atoms with van der Waals surface area (Å²) in [5.74, 6) is 0.927. The number of anilines is 1. The lowest BCUT2D eigenvalue weighted by atomic mass is 10.1. The summed E-state index contributed by atoms with van der Waals surface area (Å²) in [5.41, 5.74) is 2.74. The number of imidazole rings is 1. The molecule has 0 aliphatic rings. The zero-order chi connectivity index (χ0) is 15.6. The van der Waals surface area contributed by atoms with Crippen molar-refractivity contribution in [3.63, 3.8) is 0 Å². The number of fused-ring (bicyclic) bond motifs is 1. The lowest BCUT2D eigenvalue weighted by Gasteiger charge is -2.25. The Labute approximate surface area is 124 Å². The third kappa shape index (κ3) is 3.05. The van der Waals surface area contributed by atoms with E-state index in [9.17, 15) is 4.79 Å². The Kier molecular flexibility index (Phi) is 4.57. The highest BCUT2D eigenvalue weighted by atomic mass is 16.5. The number of nitrogens with zero attached hydrogens (tertiary/aromatic N) is 4. The lowest BCUT2D eigenvalue weighted by molar-refractivity contribution is -0.108. The van der Waals surface area contributed by atoms with Crippen LogP contribution in [-0.2, 0) is 9.53 Å². The van der Waals surface area contributed by atoms with Gasteiger partial charge in [0.1, 0.15) is 0 Å². The number of carbonyl (C=O) groups excluding carboxylic acids is 1. The predicted molar refractivity (Wildman–Crippen MR) is 81.5 cm³/mol. The van der Waals surface area contributed by atoms with Crippen molar-refractivity contribution in [2.45, 2.75) is 33.8 Å². The van der Waals surface area contributed by atoms with Gasteiger partial charge in [0.05, 0.1) is 24.5 Å². The summed E-state index contributed by atoms with van der Waals surface area (Å²) in [6.07, 6.45) is 2.54. The SMILES string of the molecule is COC(CN(C=O)c1cc(C)c2ncc(C)n2n1)C(C)C. The molecule has 0 spiro atoms. The Morgan fingerprint density at radius 3 is 2.71 bits per heavy atom. The van der Waals surface area contributed by atoms with E-state index in [-0.39, 0.29) is 6.10 Å². The maximum atomic E-state index is 11.5. The molecule has 0 fully saturated rings. The molecule has 0 aliphatic carbocycles. The Bertz CT molecular complexity index is 636. The molecule has 0 aromatic carbocycles. The minimum Gasteiger partial charge on any atom is -0.379 e. The quantitative estimate of drug-likeness (QED) is 0.763. The van der Waals surface area contributed by atoms with Gasteiger partial charge in [-0.25, -0.2) is 9.50 Å². The molecule has 6 heteroatoms. The van der Waals surface area contributed by atoms with Gasteiger partial charge in [0.15, 0.2) is 11.5 Å². The molecule has 2 aromatic heterocycles. The number of methoxy groups -OCH3 is 1. The van der Waals surface area contributed by atoms with Crippen LogP contribution in [0.15, 0.2) is 12.3 Å². The Hall–Kier alpha value is -1.95. The zero-order valence-corrected chi connectivity index (χ0v) is 13.2. The maximum Gasteiger partial charge on any atom is 0.215 e. The van der Waals surface area contributed by atoms with Crippen molar-refractivity contribution in [1.29, 1.82) is 0 Å². The van der Waals surface area contributed by atoms with Crippen LogP contribution < -0.4 is 4.90 Å². The van der Waals surface area contributed by atoms with Gasteiger partial charge in [0.25, 0.3) is 0 Å². The Morgan fingerprint density at radius 1 is 1.43 bits per heavy atom. The van der Waals surface area contributed by atoms with Crippen LogP contribution >= 0.6 is 0 Å². The average molecular weight is 290 g/mol. The standard InChI is InChI=1S/C15H22N4O2/c1-10(2)13(21-5)8-18(9-20)14-6-11(3)15-16-7-12(4)19(15)17-14/h6-7,9-10,13H,8H2,1-5H3. The lowest BCUT2D eigenvalue weighted by Crippen LogP contribution is -2.36. The van der Waals surface area contributed by atoms with Crippen molar-refractivity contribution < 1.29 is 9.53 Å². The molecule has 1 unspecified atom stereocenters. The molecule has 0 radical (unpaired) electrons. The molecular weight excluding hydrogens is 268 g/mol. The molecule has 1 amide bonds. The van der Waals surface area contributed by atoms with Crippen LogP contribution in [0, 0.1) is 19.8 Å². The van der Waals surface area contributed by atoms with Gasteiger partial charge in [-0.2, -0.15) is 0 Å². The fraction of sp³-hybridized carbons (Fsp3) is 0.533. The summed E-state index contributed by atoms with van der Waals surface area (Å²) in [4.78, 5) is 17.4.